The summed E-state index contributed by atoms with van der Waals surface area (Å²) in [5.74, 6) is 0.434. The molecule has 6 nitrogen and oxygen atoms in total. The summed E-state index contributed by atoms with van der Waals surface area (Å²) in [4.78, 5) is 12.4. The Morgan fingerprint density at radius 3 is 2.34 bits per heavy atom. The van der Waals surface area contributed by atoms with Gasteiger partial charge in [0, 0.05) is 13.0 Å². The van der Waals surface area contributed by atoms with E-state index in [9.17, 15) is 13.2 Å². The Morgan fingerprint density at radius 1 is 1.10 bits per heavy atom. The van der Waals surface area contributed by atoms with Gasteiger partial charge >= 0.3 is 0 Å². The van der Waals surface area contributed by atoms with Gasteiger partial charge in [0.25, 0.3) is 0 Å². The van der Waals surface area contributed by atoms with Crippen LogP contribution in [0.4, 0.5) is 11.4 Å². The maximum Gasteiger partial charge on any atom is 0.232 e. The Bertz CT molecular complexity index is 909. The Kier molecular flexibility index (Phi) is 8.08. The molecule has 0 radical (unpaired) electrons. The van der Waals surface area contributed by atoms with Gasteiger partial charge in [-0.3, -0.25) is 9.10 Å². The highest BCUT2D eigenvalue weighted by Crippen LogP contribution is 2.25. The van der Waals surface area contributed by atoms with Gasteiger partial charge in [0.15, 0.2) is 0 Å². The van der Waals surface area contributed by atoms with Gasteiger partial charge in [-0.1, -0.05) is 31.2 Å². The minimum Gasteiger partial charge on any atom is -0.489 e. The fraction of sp³-hybridized carbons (Fsp3) is 0.409. The number of hydrogen-bond donors (Lipinski definition) is 1. The molecule has 1 amide bonds. The topological polar surface area (TPSA) is 75.7 Å². The largest absolute Gasteiger partial charge is 0.489 e. The van der Waals surface area contributed by atoms with Crippen LogP contribution in [0.5, 0.6) is 5.75 Å². The van der Waals surface area contributed by atoms with E-state index in [2.05, 4.69) is 5.32 Å². The van der Waals surface area contributed by atoms with Crippen molar-refractivity contribution in [2.24, 2.45) is 0 Å². The smallest absolute Gasteiger partial charge is 0.232 e. The number of carbonyl (C=O) groups is 1. The number of nitrogens with zero attached hydrogens (tertiary/aromatic N) is 1. The lowest BCUT2D eigenvalue weighted by molar-refractivity contribution is -0.116. The highest BCUT2D eigenvalue weighted by atomic mass is 32.2. The molecular formula is C22H30N2O4S. The highest BCUT2D eigenvalue weighted by molar-refractivity contribution is 7.92. The first-order valence-corrected chi connectivity index (χ1v) is 11.7. The molecule has 2 aromatic rings. The molecule has 158 valence electrons. The first kappa shape index (κ1) is 22.7. The molecule has 0 atom stereocenters. The van der Waals surface area contributed by atoms with Crippen molar-refractivity contribution in [3.63, 3.8) is 0 Å². The van der Waals surface area contributed by atoms with Gasteiger partial charge in [0.05, 0.1) is 23.7 Å². The fourth-order valence-electron chi connectivity index (χ4n) is 2.91. The number of hydrogen-bond acceptors (Lipinski definition) is 4. The summed E-state index contributed by atoms with van der Waals surface area (Å²) in [7, 11) is -3.43. The molecule has 0 aliphatic rings. The average molecular weight is 419 g/mol. The van der Waals surface area contributed by atoms with Crippen molar-refractivity contribution in [1.29, 1.82) is 0 Å². The monoisotopic (exact) mass is 418 g/mol. The van der Waals surface area contributed by atoms with Crippen LogP contribution in [-0.4, -0.2) is 33.2 Å². The Hall–Kier alpha value is -2.54. The van der Waals surface area contributed by atoms with Crippen LogP contribution in [-0.2, 0) is 21.2 Å². The molecule has 0 saturated carbocycles. The molecular weight excluding hydrogens is 388 g/mol. The molecule has 2 rings (SSSR count). The Balaban J connectivity index is 1.98. The van der Waals surface area contributed by atoms with Gasteiger partial charge in [-0.05, 0) is 56.5 Å². The summed E-state index contributed by atoms with van der Waals surface area (Å²) < 4.78 is 31.5. The first-order valence-electron chi connectivity index (χ1n) is 9.83. The van der Waals surface area contributed by atoms with Gasteiger partial charge in [-0.25, -0.2) is 8.42 Å². The lowest BCUT2D eigenvalue weighted by Gasteiger charge is -2.22. The third-order valence-corrected chi connectivity index (χ3v) is 5.52. The van der Waals surface area contributed by atoms with Gasteiger partial charge < -0.3 is 10.1 Å². The molecule has 0 heterocycles. The van der Waals surface area contributed by atoms with E-state index in [-0.39, 0.29) is 25.0 Å². The van der Waals surface area contributed by atoms with Gasteiger partial charge in [0.2, 0.25) is 15.9 Å². The molecule has 7 heteroatoms. The summed E-state index contributed by atoms with van der Waals surface area (Å²) >= 11 is 0. The van der Waals surface area contributed by atoms with E-state index in [4.69, 9.17) is 4.74 Å². The fourth-order valence-corrected chi connectivity index (χ4v) is 3.87. The summed E-state index contributed by atoms with van der Waals surface area (Å²) in [5.41, 5.74) is 2.37. The zero-order valence-electron chi connectivity index (χ0n) is 17.5. The van der Waals surface area contributed by atoms with Crippen LogP contribution in [0, 0.1) is 0 Å². The quantitative estimate of drug-likeness (QED) is 0.627. The van der Waals surface area contributed by atoms with E-state index in [0.717, 1.165) is 12.0 Å². The Morgan fingerprint density at radius 2 is 1.76 bits per heavy atom. The maximum absolute atomic E-state index is 12.4. The molecule has 0 unspecified atom stereocenters. The number of amides is 1. The minimum absolute atomic E-state index is 0.00420. The van der Waals surface area contributed by atoms with Crippen molar-refractivity contribution in [2.75, 3.05) is 22.4 Å². The second kappa shape index (κ2) is 10.3. The predicted octanol–water partition coefficient (Wildman–Crippen LogP) is 4.22. The van der Waals surface area contributed by atoms with E-state index in [1.165, 1.54) is 10.6 Å². The van der Waals surface area contributed by atoms with Crippen LogP contribution in [0.25, 0.3) is 0 Å². The molecule has 0 saturated heterocycles. The van der Waals surface area contributed by atoms with E-state index in [1.54, 1.807) is 24.3 Å². The number of anilines is 2. The second-order valence-electron chi connectivity index (χ2n) is 7.17. The molecule has 2 aromatic carbocycles. The number of sulfonamides is 1. The van der Waals surface area contributed by atoms with Crippen LogP contribution < -0.4 is 14.4 Å². The van der Waals surface area contributed by atoms with Crippen molar-refractivity contribution in [3.8, 4) is 5.75 Å². The van der Waals surface area contributed by atoms with E-state index >= 15 is 0 Å². The van der Waals surface area contributed by atoms with E-state index in [1.807, 2.05) is 45.0 Å². The van der Waals surface area contributed by atoms with E-state index in [0.29, 0.717) is 23.5 Å². The maximum atomic E-state index is 12.4. The third kappa shape index (κ3) is 7.09. The number of rotatable bonds is 10. The zero-order valence-corrected chi connectivity index (χ0v) is 18.3. The highest BCUT2D eigenvalue weighted by Gasteiger charge is 2.18. The second-order valence-corrected chi connectivity index (χ2v) is 9.08. The Labute approximate surface area is 173 Å². The van der Waals surface area contributed by atoms with Gasteiger partial charge in [-0.2, -0.15) is 0 Å². The normalized spacial score (nSPS) is 11.3. The van der Waals surface area contributed by atoms with Crippen LogP contribution in [0.3, 0.4) is 0 Å². The van der Waals surface area contributed by atoms with Crippen molar-refractivity contribution < 1.29 is 17.9 Å². The van der Waals surface area contributed by atoms with Gasteiger partial charge in [-0.15, -0.1) is 0 Å². The standard InChI is InChI=1S/C22H30N2O4S/c1-5-18-12-14-19(15-13-18)24(29(4,26)27)16-8-11-22(25)23-20-9-6-7-10-21(20)28-17(2)3/h6-7,9-10,12-15,17H,5,8,11,16H2,1-4H3,(H,23,25). The van der Waals surface area contributed by atoms with Gasteiger partial charge in [0.1, 0.15) is 5.75 Å². The number of aryl methyl sites for hydroxylation is 1. The van der Waals surface area contributed by atoms with Crippen LogP contribution in [0.1, 0.15) is 39.2 Å². The summed E-state index contributed by atoms with van der Waals surface area (Å²) in [6.45, 7) is 6.13. The number of nitrogens with one attached hydrogen (secondary N) is 1. The van der Waals surface area contributed by atoms with Crippen LogP contribution >= 0.6 is 0 Å². The predicted molar refractivity (Wildman–Crippen MR) is 118 cm³/mol. The zero-order chi connectivity index (χ0) is 21.4. The molecule has 0 fully saturated rings. The summed E-state index contributed by atoms with van der Waals surface area (Å²) in [6, 6.07) is 14.7. The third-order valence-electron chi connectivity index (χ3n) is 4.32. The lowest BCUT2D eigenvalue weighted by Crippen LogP contribution is -2.31. The molecule has 1 N–H and O–H groups in total. The number of para-hydroxylation sites is 2. The van der Waals surface area contributed by atoms with Crippen molar-refractivity contribution in [3.05, 3.63) is 54.1 Å². The van der Waals surface area contributed by atoms with Crippen LogP contribution in [0.2, 0.25) is 0 Å². The van der Waals surface area contributed by atoms with Crippen LogP contribution in [0.15, 0.2) is 48.5 Å². The van der Waals surface area contributed by atoms with Crippen molar-refractivity contribution >= 4 is 27.3 Å². The lowest BCUT2D eigenvalue weighted by atomic mass is 10.1. The van der Waals surface area contributed by atoms with Crippen molar-refractivity contribution in [2.45, 2.75) is 46.1 Å². The average Bonchev–Trinajstić information content (AvgIpc) is 2.65. The molecule has 0 aromatic heterocycles. The molecule has 0 bridgehead atoms. The first-order chi connectivity index (χ1) is 13.7. The van der Waals surface area contributed by atoms with E-state index < -0.39 is 10.0 Å². The minimum atomic E-state index is -3.43. The van der Waals surface area contributed by atoms with Crippen molar-refractivity contribution in [1.82, 2.24) is 0 Å². The SMILES string of the molecule is CCc1ccc(N(CCCC(=O)Nc2ccccc2OC(C)C)S(C)(=O)=O)cc1. The number of benzene rings is 2. The molecule has 29 heavy (non-hydrogen) atoms. The number of carbonyl (C=O) groups excluding carboxylic acids is 1. The molecule has 0 spiro atoms. The summed E-state index contributed by atoms with van der Waals surface area (Å²) in [6.07, 6.45) is 2.67. The number of ether oxygens (including phenoxy) is 1. The molecule has 0 aliphatic heterocycles. The molecule has 0 aliphatic carbocycles. The summed E-state index contributed by atoms with van der Waals surface area (Å²) in [5, 5.41) is 2.85.